The van der Waals surface area contributed by atoms with E-state index in [1.807, 2.05) is 169 Å². The van der Waals surface area contributed by atoms with Gasteiger partial charge in [-0.15, -0.1) is 0 Å². The van der Waals surface area contributed by atoms with Gasteiger partial charge in [0, 0.05) is 36.3 Å². The second kappa shape index (κ2) is 19.8. The molecule has 2 amide bonds. The minimum atomic E-state index is -0.123. The molecule has 2 N–H and O–H groups in total. The number of carbonyl (C=O) groups excluding carboxylic acids is 2. The van der Waals surface area contributed by atoms with E-state index in [0.717, 1.165) is 57.9 Å². The van der Waals surface area contributed by atoms with Crippen LogP contribution in [0.1, 0.15) is 82.0 Å². The first-order valence-electron chi connectivity index (χ1n) is 21.3. The topological polar surface area (TPSA) is 93.8 Å². The zero-order valence-electron chi connectivity index (χ0n) is 36.3. The van der Waals surface area contributed by atoms with Gasteiger partial charge in [0.05, 0.1) is 12.1 Å². The lowest BCUT2D eigenvalue weighted by molar-refractivity contribution is 0.0920. The molecule has 2 heterocycles. The normalized spacial score (nSPS) is 11.8. The first-order chi connectivity index (χ1) is 30.2. The lowest BCUT2D eigenvalue weighted by atomic mass is 10.0. The summed E-state index contributed by atoms with van der Waals surface area (Å²) in [7, 11) is 3.82. The first kappa shape index (κ1) is 42.8. The van der Waals surface area contributed by atoms with Crippen molar-refractivity contribution in [2.45, 2.75) is 52.6 Å². The van der Waals surface area contributed by atoms with Crippen LogP contribution in [0.5, 0.6) is 0 Å². The van der Waals surface area contributed by atoms with Crippen LogP contribution in [0.4, 0.5) is 0 Å². The van der Waals surface area contributed by atoms with Crippen molar-refractivity contribution < 1.29 is 9.59 Å². The lowest BCUT2D eigenvalue weighted by Crippen LogP contribution is -2.30. The monoisotopic (exact) mass is 818 g/mol. The maximum atomic E-state index is 13.6. The van der Waals surface area contributed by atoms with Gasteiger partial charge in [-0.1, -0.05) is 178 Å². The molecule has 62 heavy (non-hydrogen) atoms. The number of imidazole rings is 2. The van der Waals surface area contributed by atoms with Crippen molar-refractivity contribution in [2.75, 3.05) is 0 Å². The van der Waals surface area contributed by atoms with E-state index in [1.165, 1.54) is 11.1 Å². The Morgan fingerprint density at radius 3 is 1.19 bits per heavy atom. The molecule has 2 atom stereocenters. The number of nitrogens with zero attached hydrogens (tertiary/aromatic N) is 4. The predicted octanol–water partition coefficient (Wildman–Crippen LogP) is 11.9. The van der Waals surface area contributed by atoms with Crippen LogP contribution in [0.2, 0.25) is 0 Å². The maximum Gasteiger partial charge on any atom is 0.270 e. The van der Waals surface area contributed by atoms with Crippen LogP contribution in [-0.2, 0) is 14.1 Å². The fourth-order valence-electron chi connectivity index (χ4n) is 7.76. The van der Waals surface area contributed by atoms with E-state index in [0.29, 0.717) is 22.8 Å². The number of hydrogen-bond donors (Lipinski definition) is 2. The molecule has 0 aliphatic carbocycles. The summed E-state index contributed by atoms with van der Waals surface area (Å²) in [5, 5.41) is 6.46. The van der Waals surface area contributed by atoms with Crippen LogP contribution in [0, 0.1) is 13.8 Å². The Morgan fingerprint density at radius 1 is 0.468 bits per heavy atom. The average molecular weight is 819 g/mol. The Hall–Kier alpha value is -7.32. The number of aromatic nitrogens is 4. The van der Waals surface area contributed by atoms with Gasteiger partial charge in [0.25, 0.3) is 11.8 Å². The number of benzene rings is 6. The summed E-state index contributed by atoms with van der Waals surface area (Å²) in [6.45, 7) is 8.34. The van der Waals surface area contributed by atoms with Crippen LogP contribution in [0.25, 0.3) is 45.3 Å². The molecule has 0 aliphatic heterocycles. The van der Waals surface area contributed by atoms with Crippen LogP contribution in [0.15, 0.2) is 170 Å². The first-order valence-corrected chi connectivity index (χ1v) is 21.3. The van der Waals surface area contributed by atoms with E-state index in [4.69, 9.17) is 9.97 Å². The van der Waals surface area contributed by atoms with Gasteiger partial charge >= 0.3 is 0 Å². The molecule has 0 saturated heterocycles. The number of hydrogen-bond acceptors (Lipinski definition) is 4. The molecule has 0 spiro atoms. The molecule has 0 fully saturated rings. The Morgan fingerprint density at radius 2 is 0.823 bits per heavy atom. The van der Waals surface area contributed by atoms with Crippen molar-refractivity contribution in [1.82, 2.24) is 29.7 Å². The van der Waals surface area contributed by atoms with Gasteiger partial charge in [0.2, 0.25) is 0 Å². The van der Waals surface area contributed by atoms with E-state index >= 15 is 0 Å². The van der Waals surface area contributed by atoms with E-state index in [9.17, 15) is 9.59 Å². The molecule has 0 saturated carbocycles. The van der Waals surface area contributed by atoms with E-state index < -0.39 is 0 Å². The largest absolute Gasteiger partial charge is 0.344 e. The second-order valence-corrected chi connectivity index (χ2v) is 15.5. The molecule has 6 aromatic carbocycles. The van der Waals surface area contributed by atoms with Crippen LogP contribution < -0.4 is 10.6 Å². The highest BCUT2D eigenvalue weighted by Crippen LogP contribution is 2.32. The lowest BCUT2D eigenvalue weighted by Gasteiger charge is -2.18. The minimum Gasteiger partial charge on any atom is -0.344 e. The summed E-state index contributed by atoms with van der Waals surface area (Å²) < 4.78 is 3.80. The van der Waals surface area contributed by atoms with Crippen molar-refractivity contribution in [1.29, 1.82) is 0 Å². The van der Waals surface area contributed by atoms with Crippen molar-refractivity contribution in [3.8, 4) is 45.3 Å². The fraction of sp³-hybridized carbons (Fsp3) is 0.185. The summed E-state index contributed by atoms with van der Waals surface area (Å²) in [4.78, 5) is 36.9. The van der Waals surface area contributed by atoms with Gasteiger partial charge in [-0.3, -0.25) is 9.59 Å². The minimum absolute atomic E-state index is 0.0580. The Kier molecular flexibility index (Phi) is 13.7. The quantitative estimate of drug-likeness (QED) is 0.128. The van der Waals surface area contributed by atoms with E-state index in [1.54, 1.807) is 0 Å². The van der Waals surface area contributed by atoms with Crippen LogP contribution in [0.3, 0.4) is 0 Å². The highest BCUT2D eigenvalue weighted by molar-refractivity contribution is 6.00. The third kappa shape index (κ3) is 9.50. The van der Waals surface area contributed by atoms with Crippen molar-refractivity contribution >= 4 is 11.8 Å². The zero-order valence-corrected chi connectivity index (χ0v) is 36.3. The molecule has 2 aromatic heterocycles. The molecule has 0 aliphatic rings. The van der Waals surface area contributed by atoms with Crippen LogP contribution >= 0.6 is 0 Å². The molecule has 8 nitrogen and oxygen atoms in total. The maximum absolute atomic E-state index is 13.6. The molecule has 8 heteroatoms. The molecule has 2 unspecified atom stereocenters. The number of aryl methyl sites for hydroxylation is 2. The van der Waals surface area contributed by atoms with Gasteiger partial charge in [-0.05, 0) is 55.0 Å². The van der Waals surface area contributed by atoms with E-state index in [2.05, 4.69) is 62.6 Å². The van der Waals surface area contributed by atoms with Crippen molar-refractivity contribution in [3.05, 3.63) is 203 Å². The third-order valence-electron chi connectivity index (χ3n) is 11.3. The number of amides is 2. The van der Waals surface area contributed by atoms with Gasteiger partial charge < -0.3 is 19.8 Å². The third-order valence-corrected chi connectivity index (χ3v) is 11.3. The molecular weight excluding hydrogens is 765 g/mol. The van der Waals surface area contributed by atoms with Gasteiger partial charge in [-0.2, -0.15) is 0 Å². The Labute approximate surface area is 365 Å². The summed E-state index contributed by atoms with van der Waals surface area (Å²) in [6, 6.07) is 56.1. The number of carbonyl (C=O) groups is 2. The molecule has 0 bridgehead atoms. The molecular formula is C54H54N6O2. The average Bonchev–Trinajstić information content (AvgIpc) is 3.86. The summed E-state index contributed by atoms with van der Waals surface area (Å²) >= 11 is 0. The second-order valence-electron chi connectivity index (χ2n) is 15.5. The standard InChI is InChI=1S/C28H29N3O.C26H25N3O/c1-5-24(21-12-8-6-9-13-21)29-28(32)26-25(23-17-16-19(2)20(3)18-23)30-27(31(26)4)22-14-10-7-11-15-22;1-3-22(19-13-7-4-8-14-19)27-26(30)24-23(20-15-9-5-10-16-20)28-25(29(24)2)21-17-11-6-12-18-21/h6-18,24H,5H2,1-4H3,(H,29,32);4-18,22H,3H2,1-2H3,(H,27,30). The molecule has 0 radical (unpaired) electrons. The zero-order chi connectivity index (χ0) is 43.6. The summed E-state index contributed by atoms with van der Waals surface area (Å²) in [6.07, 6.45) is 1.61. The predicted molar refractivity (Wildman–Crippen MR) is 252 cm³/mol. The number of nitrogens with one attached hydrogen (secondary N) is 2. The highest BCUT2D eigenvalue weighted by atomic mass is 16.2. The SMILES string of the molecule is CCC(NC(=O)c1c(-c2ccc(C)c(C)c2)nc(-c2ccccc2)n1C)c1ccccc1.CCC(NC(=O)c1c(-c2ccccc2)nc(-c2ccccc2)n1C)c1ccccc1. The molecule has 8 aromatic rings. The van der Waals surface area contributed by atoms with Crippen LogP contribution in [-0.4, -0.2) is 30.9 Å². The smallest absolute Gasteiger partial charge is 0.270 e. The van der Waals surface area contributed by atoms with Crippen molar-refractivity contribution in [2.24, 2.45) is 14.1 Å². The molecule has 312 valence electrons. The van der Waals surface area contributed by atoms with Crippen molar-refractivity contribution in [3.63, 3.8) is 0 Å². The van der Waals surface area contributed by atoms with Gasteiger partial charge in [0.1, 0.15) is 34.4 Å². The number of rotatable bonds is 12. The molecule has 8 rings (SSSR count). The van der Waals surface area contributed by atoms with Gasteiger partial charge in [0.15, 0.2) is 0 Å². The van der Waals surface area contributed by atoms with E-state index in [-0.39, 0.29) is 23.9 Å². The Bertz CT molecular complexity index is 2730. The summed E-state index contributed by atoms with van der Waals surface area (Å²) in [5.41, 5.74) is 11.0. The summed E-state index contributed by atoms with van der Waals surface area (Å²) in [5.74, 6) is 1.30. The highest BCUT2D eigenvalue weighted by Gasteiger charge is 2.27. The van der Waals surface area contributed by atoms with Gasteiger partial charge in [-0.25, -0.2) is 9.97 Å². The fourth-order valence-corrected chi connectivity index (χ4v) is 7.76. The Balaban J connectivity index is 0.000000187.